The smallest absolute Gasteiger partial charge is 0.236 e. The lowest BCUT2D eigenvalue weighted by molar-refractivity contribution is -0.122. The standard InChI is InChI=1S/C16H25N3O.ClH/c1-13(17)16(20)18-11-14-5-7-15(8-6-14)12-19-9-3-2-4-10-19;/h5-8,13H,2-4,9-12,17H2,1H3,(H,18,20);1H. The van der Waals surface area contributed by atoms with Crippen LogP contribution in [0, 0.1) is 0 Å². The summed E-state index contributed by atoms with van der Waals surface area (Å²) in [7, 11) is 0. The third-order valence-electron chi connectivity index (χ3n) is 3.76. The van der Waals surface area contributed by atoms with E-state index in [1.54, 1.807) is 6.92 Å². The van der Waals surface area contributed by atoms with E-state index >= 15 is 0 Å². The predicted octanol–water partition coefficient (Wildman–Crippen LogP) is 2.06. The molecule has 0 spiro atoms. The van der Waals surface area contributed by atoms with Crippen molar-refractivity contribution in [1.82, 2.24) is 10.2 Å². The Morgan fingerprint density at radius 1 is 1.19 bits per heavy atom. The Kier molecular flexibility index (Phi) is 7.72. The van der Waals surface area contributed by atoms with E-state index in [4.69, 9.17) is 5.73 Å². The van der Waals surface area contributed by atoms with E-state index in [-0.39, 0.29) is 18.3 Å². The van der Waals surface area contributed by atoms with Gasteiger partial charge in [0, 0.05) is 13.1 Å². The molecule has 0 aromatic heterocycles. The molecule has 1 fully saturated rings. The van der Waals surface area contributed by atoms with E-state index in [1.807, 2.05) is 0 Å². The lowest BCUT2D eigenvalue weighted by Gasteiger charge is -2.26. The molecule has 1 aromatic carbocycles. The number of likely N-dealkylation sites (tertiary alicyclic amines) is 1. The van der Waals surface area contributed by atoms with Gasteiger partial charge >= 0.3 is 0 Å². The zero-order valence-electron chi connectivity index (χ0n) is 12.7. The Hall–Kier alpha value is -1.10. The molecule has 0 saturated carbocycles. The predicted molar refractivity (Wildman–Crippen MR) is 88.3 cm³/mol. The fourth-order valence-corrected chi connectivity index (χ4v) is 2.49. The molecule has 0 bridgehead atoms. The van der Waals surface area contributed by atoms with Crippen LogP contribution < -0.4 is 11.1 Å². The van der Waals surface area contributed by atoms with E-state index in [0.29, 0.717) is 6.54 Å². The van der Waals surface area contributed by atoms with Gasteiger partial charge < -0.3 is 11.1 Å². The second-order valence-corrected chi connectivity index (χ2v) is 5.66. The normalized spacial score (nSPS) is 16.9. The molecular formula is C16H26ClN3O. The average molecular weight is 312 g/mol. The molecular weight excluding hydrogens is 286 g/mol. The van der Waals surface area contributed by atoms with Crippen LogP contribution in [0.15, 0.2) is 24.3 Å². The third kappa shape index (κ3) is 6.04. The number of halogens is 1. The van der Waals surface area contributed by atoms with Crippen molar-refractivity contribution in [3.63, 3.8) is 0 Å². The molecule has 118 valence electrons. The molecule has 21 heavy (non-hydrogen) atoms. The lowest BCUT2D eigenvalue weighted by Crippen LogP contribution is -2.37. The van der Waals surface area contributed by atoms with Crippen LogP contribution >= 0.6 is 12.4 Å². The number of rotatable bonds is 5. The summed E-state index contributed by atoms with van der Waals surface area (Å²) in [5.41, 5.74) is 7.96. The fourth-order valence-electron chi connectivity index (χ4n) is 2.49. The van der Waals surface area contributed by atoms with Crippen molar-refractivity contribution < 1.29 is 4.79 Å². The van der Waals surface area contributed by atoms with Crippen molar-refractivity contribution in [2.24, 2.45) is 5.73 Å². The first kappa shape index (κ1) is 18.0. The number of nitrogens with two attached hydrogens (primary N) is 1. The highest BCUT2D eigenvalue weighted by Gasteiger charge is 2.10. The van der Waals surface area contributed by atoms with Crippen LogP contribution in [-0.4, -0.2) is 29.9 Å². The summed E-state index contributed by atoms with van der Waals surface area (Å²) >= 11 is 0. The molecule has 1 unspecified atom stereocenters. The largest absolute Gasteiger partial charge is 0.351 e. The zero-order chi connectivity index (χ0) is 14.4. The number of carbonyl (C=O) groups is 1. The van der Waals surface area contributed by atoms with E-state index in [1.165, 1.54) is 37.9 Å². The van der Waals surface area contributed by atoms with Crippen LogP contribution in [0.3, 0.4) is 0 Å². The van der Waals surface area contributed by atoms with Gasteiger partial charge in [-0.3, -0.25) is 9.69 Å². The molecule has 3 N–H and O–H groups in total. The summed E-state index contributed by atoms with van der Waals surface area (Å²) in [5, 5.41) is 2.82. The maximum Gasteiger partial charge on any atom is 0.236 e. The Morgan fingerprint density at radius 3 is 2.33 bits per heavy atom. The number of nitrogens with one attached hydrogen (secondary N) is 1. The van der Waals surface area contributed by atoms with Crippen molar-refractivity contribution in [2.45, 2.75) is 45.3 Å². The van der Waals surface area contributed by atoms with E-state index in [0.717, 1.165) is 12.1 Å². The van der Waals surface area contributed by atoms with Gasteiger partial charge in [0.15, 0.2) is 0 Å². The summed E-state index contributed by atoms with van der Waals surface area (Å²) in [6.07, 6.45) is 4.01. The van der Waals surface area contributed by atoms with Crippen LogP contribution in [-0.2, 0) is 17.9 Å². The second-order valence-electron chi connectivity index (χ2n) is 5.66. The van der Waals surface area contributed by atoms with Crippen molar-refractivity contribution in [3.05, 3.63) is 35.4 Å². The molecule has 1 aliphatic heterocycles. The molecule has 1 saturated heterocycles. The quantitative estimate of drug-likeness (QED) is 0.875. The molecule has 4 nitrogen and oxygen atoms in total. The van der Waals surface area contributed by atoms with Crippen LogP contribution in [0.2, 0.25) is 0 Å². The molecule has 5 heteroatoms. The van der Waals surface area contributed by atoms with Gasteiger partial charge in [0.2, 0.25) is 5.91 Å². The van der Waals surface area contributed by atoms with Crippen LogP contribution in [0.25, 0.3) is 0 Å². The second kappa shape index (κ2) is 9.03. The maximum absolute atomic E-state index is 11.4. The number of hydrogen-bond donors (Lipinski definition) is 2. The Bertz CT molecular complexity index is 428. The number of hydrogen-bond acceptors (Lipinski definition) is 3. The summed E-state index contributed by atoms with van der Waals surface area (Å²) in [6.45, 7) is 5.70. The molecule has 1 aromatic rings. The highest BCUT2D eigenvalue weighted by molar-refractivity contribution is 5.85. The average Bonchev–Trinajstić information content (AvgIpc) is 2.47. The minimum atomic E-state index is -0.451. The Morgan fingerprint density at radius 2 is 1.76 bits per heavy atom. The molecule has 2 rings (SSSR count). The molecule has 1 atom stereocenters. The Balaban J connectivity index is 0.00000220. The topological polar surface area (TPSA) is 58.4 Å². The van der Waals surface area contributed by atoms with Crippen molar-refractivity contribution in [3.8, 4) is 0 Å². The van der Waals surface area contributed by atoms with Gasteiger partial charge in [-0.15, -0.1) is 12.4 Å². The Labute approximate surface area is 133 Å². The van der Waals surface area contributed by atoms with Crippen LogP contribution in [0.1, 0.15) is 37.3 Å². The fraction of sp³-hybridized carbons (Fsp3) is 0.562. The van der Waals surface area contributed by atoms with Crippen molar-refractivity contribution in [2.75, 3.05) is 13.1 Å². The molecule has 1 amide bonds. The summed E-state index contributed by atoms with van der Waals surface area (Å²) in [5.74, 6) is -0.109. The van der Waals surface area contributed by atoms with Gasteiger partial charge in [0.25, 0.3) is 0 Å². The summed E-state index contributed by atoms with van der Waals surface area (Å²) in [6, 6.07) is 8.03. The molecule has 0 aliphatic carbocycles. The number of benzene rings is 1. The number of amides is 1. The minimum absolute atomic E-state index is 0. The van der Waals surface area contributed by atoms with Gasteiger partial charge in [0.05, 0.1) is 6.04 Å². The van der Waals surface area contributed by atoms with E-state index in [9.17, 15) is 4.79 Å². The third-order valence-corrected chi connectivity index (χ3v) is 3.76. The highest BCUT2D eigenvalue weighted by Crippen LogP contribution is 2.13. The first-order valence-electron chi connectivity index (χ1n) is 7.48. The van der Waals surface area contributed by atoms with Crippen LogP contribution in [0.4, 0.5) is 0 Å². The van der Waals surface area contributed by atoms with E-state index < -0.39 is 6.04 Å². The monoisotopic (exact) mass is 311 g/mol. The number of nitrogens with zero attached hydrogens (tertiary/aromatic N) is 1. The van der Waals surface area contributed by atoms with Gasteiger partial charge in [-0.25, -0.2) is 0 Å². The zero-order valence-corrected chi connectivity index (χ0v) is 13.5. The summed E-state index contributed by atoms with van der Waals surface area (Å²) < 4.78 is 0. The number of piperidine rings is 1. The number of carbonyl (C=O) groups excluding carboxylic acids is 1. The van der Waals surface area contributed by atoms with Crippen molar-refractivity contribution in [1.29, 1.82) is 0 Å². The minimum Gasteiger partial charge on any atom is -0.351 e. The maximum atomic E-state index is 11.4. The van der Waals surface area contributed by atoms with Gasteiger partial charge in [-0.05, 0) is 44.0 Å². The van der Waals surface area contributed by atoms with E-state index in [2.05, 4.69) is 34.5 Å². The first-order chi connectivity index (χ1) is 9.65. The van der Waals surface area contributed by atoms with Gasteiger partial charge in [-0.1, -0.05) is 30.7 Å². The van der Waals surface area contributed by atoms with Gasteiger partial charge in [-0.2, -0.15) is 0 Å². The SMILES string of the molecule is CC(N)C(=O)NCc1ccc(CN2CCCCC2)cc1.Cl. The molecule has 1 aliphatic rings. The highest BCUT2D eigenvalue weighted by atomic mass is 35.5. The molecule has 1 heterocycles. The first-order valence-corrected chi connectivity index (χ1v) is 7.48. The summed E-state index contributed by atoms with van der Waals surface area (Å²) in [4.78, 5) is 13.9. The lowest BCUT2D eigenvalue weighted by atomic mass is 10.1. The van der Waals surface area contributed by atoms with Gasteiger partial charge in [0.1, 0.15) is 0 Å². The van der Waals surface area contributed by atoms with Crippen LogP contribution in [0.5, 0.6) is 0 Å². The molecule has 0 radical (unpaired) electrons. The van der Waals surface area contributed by atoms with Crippen molar-refractivity contribution >= 4 is 18.3 Å².